The van der Waals surface area contributed by atoms with Crippen molar-refractivity contribution in [3.05, 3.63) is 33.8 Å². The summed E-state index contributed by atoms with van der Waals surface area (Å²) in [6.07, 6.45) is 0.417. The number of halogens is 2. The lowest BCUT2D eigenvalue weighted by atomic mass is 9.98. The van der Waals surface area contributed by atoms with Gasteiger partial charge in [0.05, 0.1) is 16.1 Å². The van der Waals surface area contributed by atoms with Crippen LogP contribution in [0.1, 0.15) is 46.6 Å². The fourth-order valence-corrected chi connectivity index (χ4v) is 2.98. The molecule has 0 aliphatic rings. The van der Waals surface area contributed by atoms with Crippen LogP contribution in [0.3, 0.4) is 0 Å². The molecule has 0 bridgehead atoms. The number of nitrogens with one attached hydrogen (secondary N) is 1. The maximum absolute atomic E-state index is 12.2. The Hall–Kier alpha value is -1.24. The Labute approximate surface area is 177 Å². The van der Waals surface area contributed by atoms with Crippen LogP contribution < -0.4 is 11.1 Å². The highest BCUT2D eigenvalue weighted by molar-refractivity contribution is 7.80. The third-order valence-corrected chi connectivity index (χ3v) is 5.27. The standard InChI is InChI=1S/C19H29Cl2N3O2S/c1-6-12(2)15(23-18(25)26-19(3,4)5)11-24(17(22)27)10-13-8-7-9-14(20)16(13)21/h7-9,12,15H,6,10-11H2,1-5H3,(H2,22,27)(H,23,25). The first-order valence-corrected chi connectivity index (χ1v) is 10.1. The summed E-state index contributed by atoms with van der Waals surface area (Å²) >= 11 is 17.6. The molecule has 0 radical (unpaired) electrons. The number of amides is 1. The van der Waals surface area contributed by atoms with Gasteiger partial charge >= 0.3 is 6.09 Å². The SMILES string of the molecule is CCC(C)C(CN(Cc1cccc(Cl)c1Cl)C(N)=S)NC(=O)OC(C)(C)C. The molecule has 2 unspecified atom stereocenters. The van der Waals surface area contributed by atoms with E-state index < -0.39 is 11.7 Å². The summed E-state index contributed by atoms with van der Waals surface area (Å²) in [5.74, 6) is 0.198. The molecule has 1 rings (SSSR count). The Morgan fingerprint density at radius 3 is 2.52 bits per heavy atom. The molecule has 8 heteroatoms. The summed E-state index contributed by atoms with van der Waals surface area (Å²) < 4.78 is 5.39. The Morgan fingerprint density at radius 1 is 1.37 bits per heavy atom. The summed E-state index contributed by atoms with van der Waals surface area (Å²) in [4.78, 5) is 14.1. The van der Waals surface area contributed by atoms with Gasteiger partial charge in [-0.1, -0.05) is 55.6 Å². The monoisotopic (exact) mass is 433 g/mol. The number of ether oxygens (including phenoxy) is 1. The molecule has 0 spiro atoms. The number of carbonyl (C=O) groups is 1. The molecule has 5 nitrogen and oxygen atoms in total. The molecule has 0 aromatic heterocycles. The van der Waals surface area contributed by atoms with Gasteiger partial charge in [0.15, 0.2) is 5.11 Å². The van der Waals surface area contributed by atoms with Gasteiger partial charge in [-0.2, -0.15) is 0 Å². The molecule has 0 aliphatic heterocycles. The summed E-state index contributed by atoms with van der Waals surface area (Å²) in [5.41, 5.74) is 6.18. The second-order valence-electron chi connectivity index (χ2n) is 7.57. The third-order valence-electron chi connectivity index (χ3n) is 4.15. The largest absolute Gasteiger partial charge is 0.444 e. The molecule has 0 fully saturated rings. The first-order valence-electron chi connectivity index (χ1n) is 8.91. The lowest BCUT2D eigenvalue weighted by Crippen LogP contribution is -2.50. The molecule has 1 aromatic carbocycles. The molecule has 2 atom stereocenters. The van der Waals surface area contributed by atoms with Gasteiger partial charge in [0, 0.05) is 13.1 Å². The number of hydrogen-bond donors (Lipinski definition) is 2. The highest BCUT2D eigenvalue weighted by Gasteiger charge is 2.25. The molecule has 3 N–H and O–H groups in total. The summed E-state index contributed by atoms with van der Waals surface area (Å²) in [6, 6.07) is 5.24. The fraction of sp³-hybridized carbons (Fsp3) is 0.579. The van der Waals surface area contributed by atoms with Crippen LogP contribution in [0.25, 0.3) is 0 Å². The average molecular weight is 434 g/mol. The van der Waals surface area contributed by atoms with Crippen LogP contribution in [0, 0.1) is 5.92 Å². The zero-order valence-electron chi connectivity index (χ0n) is 16.5. The van der Waals surface area contributed by atoms with Crippen molar-refractivity contribution in [3.63, 3.8) is 0 Å². The van der Waals surface area contributed by atoms with Crippen molar-refractivity contribution < 1.29 is 9.53 Å². The van der Waals surface area contributed by atoms with Crippen LogP contribution in [-0.4, -0.2) is 34.3 Å². The van der Waals surface area contributed by atoms with E-state index in [0.717, 1.165) is 12.0 Å². The van der Waals surface area contributed by atoms with E-state index in [1.165, 1.54) is 0 Å². The number of hydrogen-bond acceptors (Lipinski definition) is 3. The zero-order chi connectivity index (χ0) is 20.8. The minimum absolute atomic E-state index is 0.190. The van der Waals surface area contributed by atoms with Crippen LogP contribution in [0.2, 0.25) is 10.0 Å². The Bertz CT molecular complexity index is 665. The molecule has 0 aliphatic carbocycles. The van der Waals surface area contributed by atoms with Crippen molar-refractivity contribution >= 4 is 46.6 Å². The van der Waals surface area contributed by atoms with E-state index in [4.69, 9.17) is 45.9 Å². The quantitative estimate of drug-likeness (QED) is 0.593. The van der Waals surface area contributed by atoms with E-state index in [2.05, 4.69) is 19.2 Å². The Balaban J connectivity index is 2.95. The number of benzene rings is 1. The van der Waals surface area contributed by atoms with Gasteiger partial charge < -0.3 is 20.7 Å². The zero-order valence-corrected chi connectivity index (χ0v) is 18.8. The van der Waals surface area contributed by atoms with Crippen molar-refractivity contribution in [3.8, 4) is 0 Å². The number of alkyl carbamates (subject to hydrolysis) is 1. The van der Waals surface area contributed by atoms with Crippen molar-refractivity contribution in [1.29, 1.82) is 0 Å². The molecule has 0 heterocycles. The van der Waals surface area contributed by atoms with Crippen molar-refractivity contribution in [2.45, 2.75) is 59.2 Å². The lowest BCUT2D eigenvalue weighted by molar-refractivity contribution is 0.0478. The van der Waals surface area contributed by atoms with E-state index in [-0.39, 0.29) is 17.1 Å². The summed E-state index contributed by atoms with van der Waals surface area (Å²) in [5, 5.41) is 4.12. The summed E-state index contributed by atoms with van der Waals surface area (Å²) in [6.45, 7) is 10.4. The molecule has 0 saturated heterocycles. The van der Waals surface area contributed by atoms with Gasteiger partial charge in [0.25, 0.3) is 0 Å². The summed E-state index contributed by atoms with van der Waals surface area (Å²) in [7, 11) is 0. The molecule has 1 aromatic rings. The predicted molar refractivity (Wildman–Crippen MR) is 116 cm³/mol. The molecular formula is C19H29Cl2N3O2S. The van der Waals surface area contributed by atoms with Crippen molar-refractivity contribution in [2.75, 3.05) is 6.54 Å². The topological polar surface area (TPSA) is 67.6 Å². The van der Waals surface area contributed by atoms with Crippen LogP contribution in [0.4, 0.5) is 4.79 Å². The predicted octanol–water partition coefficient (Wildman–Crippen LogP) is 4.98. The number of thiocarbonyl (C=S) groups is 1. The van der Waals surface area contributed by atoms with E-state index in [9.17, 15) is 4.79 Å². The van der Waals surface area contributed by atoms with Gasteiger partial charge in [-0.05, 0) is 50.5 Å². The van der Waals surface area contributed by atoms with E-state index in [1.807, 2.05) is 32.9 Å². The Kier molecular flexibility index (Phi) is 9.12. The smallest absolute Gasteiger partial charge is 0.407 e. The number of rotatable bonds is 7. The second-order valence-corrected chi connectivity index (χ2v) is 8.77. The molecular weight excluding hydrogens is 405 g/mol. The Morgan fingerprint density at radius 2 is 2.00 bits per heavy atom. The average Bonchev–Trinajstić information content (AvgIpc) is 2.54. The number of carbonyl (C=O) groups excluding carboxylic acids is 1. The van der Waals surface area contributed by atoms with Gasteiger partial charge in [-0.25, -0.2) is 4.79 Å². The molecule has 0 saturated carbocycles. The highest BCUT2D eigenvalue weighted by atomic mass is 35.5. The van der Waals surface area contributed by atoms with Crippen LogP contribution in [0.15, 0.2) is 18.2 Å². The van der Waals surface area contributed by atoms with Gasteiger partial charge in [-0.3, -0.25) is 0 Å². The van der Waals surface area contributed by atoms with Crippen LogP contribution >= 0.6 is 35.4 Å². The third kappa shape index (κ3) is 8.11. The van der Waals surface area contributed by atoms with Crippen LogP contribution in [0.5, 0.6) is 0 Å². The first kappa shape index (κ1) is 23.8. The van der Waals surface area contributed by atoms with Gasteiger partial charge in [-0.15, -0.1) is 0 Å². The second kappa shape index (κ2) is 10.3. The lowest BCUT2D eigenvalue weighted by Gasteiger charge is -2.32. The highest BCUT2D eigenvalue weighted by Crippen LogP contribution is 2.26. The minimum Gasteiger partial charge on any atom is -0.444 e. The van der Waals surface area contributed by atoms with E-state index in [1.54, 1.807) is 11.0 Å². The maximum Gasteiger partial charge on any atom is 0.407 e. The normalized spacial score (nSPS) is 13.6. The number of nitrogens with two attached hydrogens (primary N) is 1. The first-order chi connectivity index (χ1) is 12.4. The van der Waals surface area contributed by atoms with Crippen LogP contribution in [-0.2, 0) is 11.3 Å². The van der Waals surface area contributed by atoms with E-state index >= 15 is 0 Å². The van der Waals surface area contributed by atoms with E-state index in [0.29, 0.717) is 23.1 Å². The molecule has 27 heavy (non-hydrogen) atoms. The minimum atomic E-state index is -0.568. The van der Waals surface area contributed by atoms with Crippen molar-refractivity contribution in [1.82, 2.24) is 10.2 Å². The van der Waals surface area contributed by atoms with Gasteiger partial charge in [0.2, 0.25) is 0 Å². The maximum atomic E-state index is 12.2. The number of nitrogens with zero attached hydrogens (tertiary/aromatic N) is 1. The fourth-order valence-electron chi connectivity index (χ4n) is 2.46. The van der Waals surface area contributed by atoms with Gasteiger partial charge in [0.1, 0.15) is 5.60 Å². The molecule has 152 valence electrons. The molecule has 1 amide bonds. The van der Waals surface area contributed by atoms with Crippen molar-refractivity contribution in [2.24, 2.45) is 11.7 Å².